The fraction of sp³-hybridized carbons (Fsp3) is 0.727. The van der Waals surface area contributed by atoms with Gasteiger partial charge >= 0.3 is 5.97 Å². The van der Waals surface area contributed by atoms with Crippen LogP contribution in [0.5, 0.6) is 0 Å². The summed E-state index contributed by atoms with van der Waals surface area (Å²) in [5, 5.41) is 8.48. The third-order valence-electron chi connectivity index (χ3n) is 1.98. The summed E-state index contributed by atoms with van der Waals surface area (Å²) in [7, 11) is 0. The molecule has 2 heteroatoms. The second kappa shape index (κ2) is 7.84. The summed E-state index contributed by atoms with van der Waals surface area (Å²) in [6, 6.07) is 0. The predicted octanol–water partition coefficient (Wildman–Crippen LogP) is 3.38. The van der Waals surface area contributed by atoms with E-state index in [1.54, 1.807) is 0 Å². The Labute approximate surface area is 80.7 Å². The Balaban J connectivity index is 3.42. The lowest BCUT2D eigenvalue weighted by Gasteiger charge is -1.97. The van der Waals surface area contributed by atoms with E-state index in [-0.39, 0.29) is 6.42 Å². The van der Waals surface area contributed by atoms with Gasteiger partial charge in [-0.15, -0.1) is 0 Å². The van der Waals surface area contributed by atoms with Crippen LogP contribution < -0.4 is 0 Å². The SMILES string of the molecule is CCCCCCC=C(C)CC(=O)O. The van der Waals surface area contributed by atoms with Crippen molar-refractivity contribution >= 4 is 5.97 Å². The van der Waals surface area contributed by atoms with Crippen molar-refractivity contribution in [2.24, 2.45) is 0 Å². The van der Waals surface area contributed by atoms with Crippen molar-refractivity contribution in [1.29, 1.82) is 0 Å². The Kier molecular flexibility index (Phi) is 7.36. The summed E-state index contributed by atoms with van der Waals surface area (Å²) in [6.07, 6.45) is 8.23. The van der Waals surface area contributed by atoms with Crippen LogP contribution in [0.25, 0.3) is 0 Å². The maximum atomic E-state index is 10.3. The molecule has 0 heterocycles. The molecule has 0 rings (SSSR count). The van der Waals surface area contributed by atoms with Gasteiger partial charge in [-0.1, -0.05) is 37.8 Å². The van der Waals surface area contributed by atoms with E-state index in [9.17, 15) is 4.79 Å². The van der Waals surface area contributed by atoms with Crippen LogP contribution in [0.15, 0.2) is 11.6 Å². The highest BCUT2D eigenvalue weighted by Crippen LogP contribution is 2.07. The second-order valence-corrected chi connectivity index (χ2v) is 3.47. The van der Waals surface area contributed by atoms with E-state index < -0.39 is 5.97 Å². The van der Waals surface area contributed by atoms with Crippen molar-refractivity contribution in [3.05, 3.63) is 11.6 Å². The summed E-state index contributed by atoms with van der Waals surface area (Å²) in [4.78, 5) is 10.3. The molecule has 0 atom stereocenters. The molecular formula is C11H20O2. The van der Waals surface area contributed by atoms with Crippen LogP contribution in [0.1, 0.15) is 52.4 Å². The lowest BCUT2D eigenvalue weighted by Crippen LogP contribution is -1.94. The van der Waals surface area contributed by atoms with E-state index >= 15 is 0 Å². The minimum absolute atomic E-state index is 0.188. The molecule has 76 valence electrons. The standard InChI is InChI=1S/C11H20O2/c1-3-4-5-6-7-8-10(2)9-11(12)13/h8H,3-7,9H2,1-2H3,(H,12,13). The van der Waals surface area contributed by atoms with Gasteiger partial charge in [0.25, 0.3) is 0 Å². The molecule has 0 fully saturated rings. The number of hydrogen-bond donors (Lipinski definition) is 1. The lowest BCUT2D eigenvalue weighted by atomic mass is 10.1. The third kappa shape index (κ3) is 9.12. The van der Waals surface area contributed by atoms with Crippen molar-refractivity contribution in [2.75, 3.05) is 0 Å². The molecule has 0 saturated heterocycles. The number of aliphatic carboxylic acids is 1. The number of rotatable bonds is 7. The van der Waals surface area contributed by atoms with Crippen molar-refractivity contribution in [1.82, 2.24) is 0 Å². The first kappa shape index (κ1) is 12.2. The molecule has 0 radical (unpaired) electrons. The van der Waals surface area contributed by atoms with Crippen LogP contribution >= 0.6 is 0 Å². The van der Waals surface area contributed by atoms with E-state index in [4.69, 9.17) is 5.11 Å². The highest BCUT2D eigenvalue weighted by atomic mass is 16.4. The van der Waals surface area contributed by atoms with E-state index in [0.717, 1.165) is 12.0 Å². The van der Waals surface area contributed by atoms with Crippen molar-refractivity contribution in [3.8, 4) is 0 Å². The molecule has 0 aliphatic heterocycles. The number of carboxylic acids is 1. The molecular weight excluding hydrogens is 164 g/mol. The molecule has 0 bridgehead atoms. The van der Waals surface area contributed by atoms with Crippen LogP contribution in [0, 0.1) is 0 Å². The summed E-state index contributed by atoms with van der Waals surface area (Å²) in [5.74, 6) is -0.734. The summed E-state index contributed by atoms with van der Waals surface area (Å²) in [6.45, 7) is 4.07. The number of unbranched alkanes of at least 4 members (excludes halogenated alkanes) is 4. The van der Waals surface area contributed by atoms with E-state index in [0.29, 0.717) is 0 Å². The Morgan fingerprint density at radius 3 is 2.54 bits per heavy atom. The average molecular weight is 184 g/mol. The minimum Gasteiger partial charge on any atom is -0.481 e. The van der Waals surface area contributed by atoms with Gasteiger partial charge in [0.1, 0.15) is 0 Å². The summed E-state index contributed by atoms with van der Waals surface area (Å²) >= 11 is 0. The largest absolute Gasteiger partial charge is 0.481 e. The van der Waals surface area contributed by atoms with Crippen molar-refractivity contribution < 1.29 is 9.90 Å². The first-order valence-corrected chi connectivity index (χ1v) is 5.04. The highest BCUT2D eigenvalue weighted by molar-refractivity contribution is 5.69. The molecule has 1 N–H and O–H groups in total. The van der Waals surface area contributed by atoms with Crippen LogP contribution in [0.3, 0.4) is 0 Å². The van der Waals surface area contributed by atoms with Gasteiger partial charge < -0.3 is 5.11 Å². The number of hydrogen-bond acceptors (Lipinski definition) is 1. The summed E-state index contributed by atoms with van der Waals surface area (Å²) in [5.41, 5.74) is 0.976. The molecule has 0 saturated carbocycles. The van der Waals surface area contributed by atoms with E-state index in [1.165, 1.54) is 25.7 Å². The van der Waals surface area contributed by atoms with Gasteiger partial charge in [0, 0.05) is 0 Å². The first-order valence-electron chi connectivity index (χ1n) is 5.04. The van der Waals surface area contributed by atoms with Crippen molar-refractivity contribution in [3.63, 3.8) is 0 Å². The molecule has 0 aliphatic carbocycles. The van der Waals surface area contributed by atoms with E-state index in [2.05, 4.69) is 6.92 Å². The van der Waals surface area contributed by atoms with Gasteiger partial charge in [-0.2, -0.15) is 0 Å². The molecule has 13 heavy (non-hydrogen) atoms. The zero-order chi connectivity index (χ0) is 10.1. The Bertz CT molecular complexity index is 171. The van der Waals surface area contributed by atoms with Gasteiger partial charge in [0.15, 0.2) is 0 Å². The molecule has 2 nitrogen and oxygen atoms in total. The number of carbonyl (C=O) groups is 1. The fourth-order valence-corrected chi connectivity index (χ4v) is 1.23. The molecule has 0 aromatic rings. The quantitative estimate of drug-likeness (QED) is 0.486. The molecule has 0 spiro atoms. The average Bonchev–Trinajstić information content (AvgIpc) is 2.02. The van der Waals surface area contributed by atoms with E-state index in [1.807, 2.05) is 13.0 Å². The highest BCUT2D eigenvalue weighted by Gasteiger charge is 1.96. The van der Waals surface area contributed by atoms with Gasteiger partial charge in [-0.05, 0) is 19.8 Å². The zero-order valence-corrected chi connectivity index (χ0v) is 8.68. The topological polar surface area (TPSA) is 37.3 Å². The van der Waals surface area contributed by atoms with Crippen LogP contribution in [-0.2, 0) is 4.79 Å². The predicted molar refractivity (Wildman–Crippen MR) is 54.8 cm³/mol. The van der Waals surface area contributed by atoms with Gasteiger partial charge in [0.05, 0.1) is 6.42 Å². The van der Waals surface area contributed by atoms with Crippen molar-refractivity contribution in [2.45, 2.75) is 52.4 Å². The Morgan fingerprint density at radius 1 is 1.31 bits per heavy atom. The molecule has 0 aliphatic rings. The van der Waals surface area contributed by atoms with Crippen LogP contribution in [-0.4, -0.2) is 11.1 Å². The Hall–Kier alpha value is -0.790. The maximum Gasteiger partial charge on any atom is 0.307 e. The zero-order valence-electron chi connectivity index (χ0n) is 8.68. The van der Waals surface area contributed by atoms with Gasteiger partial charge in [0.2, 0.25) is 0 Å². The Morgan fingerprint density at radius 2 is 2.00 bits per heavy atom. The normalized spacial score (nSPS) is 11.7. The fourth-order valence-electron chi connectivity index (χ4n) is 1.23. The number of allylic oxidation sites excluding steroid dienone is 1. The smallest absolute Gasteiger partial charge is 0.307 e. The second-order valence-electron chi connectivity index (χ2n) is 3.47. The maximum absolute atomic E-state index is 10.3. The number of carboxylic acid groups (broad SMARTS) is 1. The van der Waals surface area contributed by atoms with Gasteiger partial charge in [-0.25, -0.2) is 0 Å². The van der Waals surface area contributed by atoms with Crippen LogP contribution in [0.2, 0.25) is 0 Å². The van der Waals surface area contributed by atoms with Gasteiger partial charge in [-0.3, -0.25) is 4.79 Å². The summed E-state index contributed by atoms with van der Waals surface area (Å²) < 4.78 is 0. The third-order valence-corrected chi connectivity index (χ3v) is 1.98. The lowest BCUT2D eigenvalue weighted by molar-refractivity contribution is -0.136. The molecule has 0 amide bonds. The minimum atomic E-state index is -0.734. The van der Waals surface area contributed by atoms with Crippen LogP contribution in [0.4, 0.5) is 0 Å². The molecule has 0 unspecified atom stereocenters. The molecule has 0 aromatic heterocycles. The monoisotopic (exact) mass is 184 g/mol. The first-order chi connectivity index (χ1) is 6.16. The molecule has 0 aromatic carbocycles.